The van der Waals surface area contributed by atoms with Crippen LogP contribution in [0.5, 0.6) is 0 Å². The van der Waals surface area contributed by atoms with E-state index < -0.39 is 0 Å². The fraction of sp³-hybridized carbons (Fsp3) is 0.647. The third-order valence-corrected chi connectivity index (χ3v) is 6.26. The van der Waals surface area contributed by atoms with Crippen LogP contribution in [0, 0.1) is 11.8 Å². The molecular formula is C17H23N3OS. The number of piperidine rings is 1. The molecule has 0 amide bonds. The van der Waals surface area contributed by atoms with Gasteiger partial charge in [-0.2, -0.15) is 0 Å². The molecule has 3 heterocycles. The van der Waals surface area contributed by atoms with E-state index in [4.69, 9.17) is 4.42 Å². The molecule has 0 spiro atoms. The molecule has 5 heteroatoms. The van der Waals surface area contributed by atoms with Crippen LogP contribution in [0.4, 0.5) is 0 Å². The smallest absolute Gasteiger partial charge is 0.257 e. The number of aromatic nitrogens is 2. The molecule has 1 aliphatic carbocycles. The van der Waals surface area contributed by atoms with Crippen molar-refractivity contribution in [2.45, 2.75) is 45.1 Å². The number of hydrogen-bond acceptors (Lipinski definition) is 5. The zero-order valence-corrected chi connectivity index (χ0v) is 13.9. The second kappa shape index (κ2) is 6.13. The lowest BCUT2D eigenvalue weighted by molar-refractivity contribution is 0.0536. The minimum absolute atomic E-state index is 0.226. The monoisotopic (exact) mass is 317 g/mol. The Hall–Kier alpha value is -1.20. The molecule has 2 aromatic rings. The van der Waals surface area contributed by atoms with E-state index in [-0.39, 0.29) is 6.04 Å². The van der Waals surface area contributed by atoms with E-state index in [9.17, 15) is 0 Å². The summed E-state index contributed by atoms with van der Waals surface area (Å²) in [6.07, 6.45) is 7.02. The molecule has 0 unspecified atom stereocenters. The van der Waals surface area contributed by atoms with Crippen LogP contribution in [-0.4, -0.2) is 28.2 Å². The van der Waals surface area contributed by atoms with Crippen LogP contribution in [0.2, 0.25) is 0 Å². The topological polar surface area (TPSA) is 42.2 Å². The van der Waals surface area contributed by atoms with Gasteiger partial charge in [0.15, 0.2) is 0 Å². The molecule has 118 valence electrons. The fourth-order valence-electron chi connectivity index (χ4n) is 4.04. The van der Waals surface area contributed by atoms with E-state index >= 15 is 0 Å². The molecule has 0 bridgehead atoms. The molecule has 2 aromatic heterocycles. The average Bonchev–Trinajstić information content (AvgIpc) is 3.24. The average molecular weight is 317 g/mol. The summed E-state index contributed by atoms with van der Waals surface area (Å²) >= 11 is 1.64. The number of nitrogens with zero attached hydrogens (tertiary/aromatic N) is 3. The molecule has 3 atom stereocenters. The number of fused-ring (bicyclic) bond motifs is 1. The van der Waals surface area contributed by atoms with Crippen molar-refractivity contribution in [1.29, 1.82) is 0 Å². The third kappa shape index (κ3) is 2.72. The molecule has 4 rings (SSSR count). The summed E-state index contributed by atoms with van der Waals surface area (Å²) in [4.78, 5) is 3.59. The van der Waals surface area contributed by atoms with Gasteiger partial charge in [0, 0.05) is 6.54 Å². The largest absolute Gasteiger partial charge is 0.418 e. The zero-order valence-electron chi connectivity index (χ0n) is 13.1. The van der Waals surface area contributed by atoms with Gasteiger partial charge in [0.2, 0.25) is 5.89 Å². The second-order valence-corrected chi connectivity index (χ2v) is 7.63. The van der Waals surface area contributed by atoms with Gasteiger partial charge in [-0.05, 0) is 49.6 Å². The molecule has 0 N–H and O–H groups in total. The number of hydrogen-bond donors (Lipinski definition) is 0. The Balaban J connectivity index is 1.46. The lowest BCUT2D eigenvalue weighted by Crippen LogP contribution is -2.42. The van der Waals surface area contributed by atoms with Crippen LogP contribution >= 0.6 is 11.3 Å². The lowest BCUT2D eigenvalue weighted by atomic mass is 9.75. The van der Waals surface area contributed by atoms with Gasteiger partial charge >= 0.3 is 0 Å². The SMILES string of the molecule is C[C@@H](c1nnc(-c2cccs2)o1)N1CC[C@@H]2CCCC[C@@H]2C1. The Morgan fingerprint density at radius 1 is 1.23 bits per heavy atom. The van der Waals surface area contributed by atoms with Gasteiger partial charge in [-0.15, -0.1) is 21.5 Å². The van der Waals surface area contributed by atoms with E-state index in [1.54, 1.807) is 11.3 Å². The maximum Gasteiger partial charge on any atom is 0.257 e. The molecule has 1 saturated carbocycles. The van der Waals surface area contributed by atoms with Crippen molar-refractivity contribution >= 4 is 11.3 Å². The molecule has 1 saturated heterocycles. The number of rotatable bonds is 3. The predicted octanol–water partition coefficient (Wildman–Crippen LogP) is 4.37. The highest BCUT2D eigenvalue weighted by Crippen LogP contribution is 2.38. The van der Waals surface area contributed by atoms with Crippen molar-refractivity contribution in [3.05, 3.63) is 23.4 Å². The van der Waals surface area contributed by atoms with Crippen molar-refractivity contribution < 1.29 is 4.42 Å². The van der Waals surface area contributed by atoms with Crippen LogP contribution in [0.15, 0.2) is 21.9 Å². The first-order chi connectivity index (χ1) is 10.8. The van der Waals surface area contributed by atoms with E-state index in [0.717, 1.165) is 22.6 Å². The summed E-state index contributed by atoms with van der Waals surface area (Å²) in [6, 6.07) is 4.27. The van der Waals surface area contributed by atoms with Crippen LogP contribution in [-0.2, 0) is 0 Å². The first-order valence-electron chi connectivity index (χ1n) is 8.42. The highest BCUT2D eigenvalue weighted by atomic mass is 32.1. The minimum atomic E-state index is 0.226. The quantitative estimate of drug-likeness (QED) is 0.843. The normalized spacial score (nSPS) is 27.5. The van der Waals surface area contributed by atoms with Gasteiger partial charge in [0.1, 0.15) is 0 Å². The van der Waals surface area contributed by atoms with Crippen molar-refractivity contribution in [3.8, 4) is 10.8 Å². The molecule has 1 aliphatic heterocycles. The van der Waals surface area contributed by atoms with E-state index in [2.05, 4.69) is 22.0 Å². The van der Waals surface area contributed by atoms with Gasteiger partial charge in [-0.1, -0.05) is 25.3 Å². The Morgan fingerprint density at radius 3 is 2.91 bits per heavy atom. The molecule has 22 heavy (non-hydrogen) atoms. The first kappa shape index (κ1) is 14.4. The zero-order chi connectivity index (χ0) is 14.9. The van der Waals surface area contributed by atoms with Gasteiger partial charge < -0.3 is 4.42 Å². The van der Waals surface area contributed by atoms with E-state index in [1.807, 2.05) is 17.5 Å². The fourth-order valence-corrected chi connectivity index (χ4v) is 4.68. The van der Waals surface area contributed by atoms with Crippen LogP contribution in [0.1, 0.15) is 51.0 Å². The number of likely N-dealkylation sites (tertiary alicyclic amines) is 1. The maximum absolute atomic E-state index is 5.93. The van der Waals surface area contributed by atoms with Crippen molar-refractivity contribution in [2.75, 3.05) is 13.1 Å². The van der Waals surface area contributed by atoms with Gasteiger partial charge in [0.05, 0.1) is 10.9 Å². The van der Waals surface area contributed by atoms with E-state index in [1.165, 1.54) is 45.2 Å². The van der Waals surface area contributed by atoms with E-state index in [0.29, 0.717) is 5.89 Å². The highest BCUT2D eigenvalue weighted by molar-refractivity contribution is 7.13. The van der Waals surface area contributed by atoms with Gasteiger partial charge in [0.25, 0.3) is 5.89 Å². The van der Waals surface area contributed by atoms with Crippen LogP contribution in [0.25, 0.3) is 10.8 Å². The molecule has 2 fully saturated rings. The van der Waals surface area contributed by atoms with Crippen molar-refractivity contribution in [2.24, 2.45) is 11.8 Å². The van der Waals surface area contributed by atoms with Crippen molar-refractivity contribution in [1.82, 2.24) is 15.1 Å². The Kier molecular flexibility index (Phi) is 4.01. The summed E-state index contributed by atoms with van der Waals surface area (Å²) < 4.78 is 5.93. The Bertz CT molecular complexity index is 609. The highest BCUT2D eigenvalue weighted by Gasteiger charge is 2.34. The van der Waals surface area contributed by atoms with Crippen molar-refractivity contribution in [3.63, 3.8) is 0 Å². The Labute approximate surface area is 135 Å². The number of thiophene rings is 1. The third-order valence-electron chi connectivity index (χ3n) is 5.40. The molecular weight excluding hydrogens is 294 g/mol. The summed E-state index contributed by atoms with van der Waals surface area (Å²) in [5.74, 6) is 3.26. The minimum Gasteiger partial charge on any atom is -0.418 e. The van der Waals surface area contributed by atoms with Gasteiger partial charge in [-0.25, -0.2) is 0 Å². The second-order valence-electron chi connectivity index (χ2n) is 6.69. The molecule has 0 radical (unpaired) electrons. The molecule has 0 aromatic carbocycles. The standard InChI is InChI=1S/C17H23N3OS/c1-12(16-18-19-17(21-16)15-7-4-10-22-15)20-9-8-13-5-2-3-6-14(13)11-20/h4,7,10,12-14H,2-3,5-6,8-9,11H2,1H3/t12-,13-,14+/m0/s1. The van der Waals surface area contributed by atoms with Gasteiger partial charge in [-0.3, -0.25) is 4.90 Å². The predicted molar refractivity (Wildman–Crippen MR) is 87.7 cm³/mol. The summed E-state index contributed by atoms with van der Waals surface area (Å²) in [5, 5.41) is 10.6. The van der Waals surface area contributed by atoms with Crippen LogP contribution in [0.3, 0.4) is 0 Å². The van der Waals surface area contributed by atoms with Crippen LogP contribution < -0.4 is 0 Å². The molecule has 4 nitrogen and oxygen atoms in total. The first-order valence-corrected chi connectivity index (χ1v) is 9.30. The summed E-state index contributed by atoms with van der Waals surface area (Å²) in [6.45, 7) is 4.57. The maximum atomic E-state index is 5.93. The Morgan fingerprint density at radius 2 is 2.09 bits per heavy atom. The lowest BCUT2D eigenvalue weighted by Gasteiger charge is -2.42. The summed E-state index contributed by atoms with van der Waals surface area (Å²) in [5.41, 5.74) is 0. The molecule has 2 aliphatic rings. The summed E-state index contributed by atoms with van der Waals surface area (Å²) in [7, 11) is 0.